The van der Waals surface area contributed by atoms with E-state index in [1.54, 1.807) is 13.8 Å². The van der Waals surface area contributed by atoms with Crippen molar-refractivity contribution in [2.24, 2.45) is 4.99 Å². The van der Waals surface area contributed by atoms with Crippen molar-refractivity contribution in [1.82, 2.24) is 0 Å². The zero-order chi connectivity index (χ0) is 15.8. The fourth-order valence-corrected chi connectivity index (χ4v) is 1.84. The summed E-state index contributed by atoms with van der Waals surface area (Å²) in [5.74, 6) is -1.15. The molecule has 0 radical (unpaired) electrons. The molecule has 0 aromatic heterocycles. The molecule has 0 amide bonds. The Bertz CT molecular complexity index is 539. The molecular weight excluding hydrogens is 313 g/mol. The van der Waals surface area contributed by atoms with Gasteiger partial charge in [-0.05, 0) is 19.4 Å². The summed E-state index contributed by atoms with van der Waals surface area (Å²) < 4.78 is 4.89. The maximum Gasteiger partial charge on any atom is 0.343 e. The van der Waals surface area contributed by atoms with E-state index < -0.39 is 16.6 Å². The molecule has 0 saturated heterocycles. The van der Waals surface area contributed by atoms with Crippen molar-refractivity contribution >= 4 is 34.9 Å². The van der Waals surface area contributed by atoms with E-state index in [1.165, 1.54) is 0 Å². The first-order valence-electron chi connectivity index (χ1n) is 6.41. The third kappa shape index (κ3) is 5.40. The van der Waals surface area contributed by atoms with Gasteiger partial charge in [-0.25, -0.2) is 4.79 Å². The molecule has 1 aromatic rings. The second-order valence-electron chi connectivity index (χ2n) is 4.17. The van der Waals surface area contributed by atoms with E-state index in [0.717, 1.165) is 5.56 Å². The minimum atomic E-state index is -1.22. The summed E-state index contributed by atoms with van der Waals surface area (Å²) in [5, 5.41) is 9.88. The van der Waals surface area contributed by atoms with Crippen molar-refractivity contribution in [2.75, 3.05) is 6.61 Å². The van der Waals surface area contributed by atoms with E-state index >= 15 is 0 Å². The van der Waals surface area contributed by atoms with Gasteiger partial charge in [-0.15, -0.1) is 0 Å². The number of nitrogens with zero attached hydrogens (tertiary/aromatic N) is 1. The summed E-state index contributed by atoms with van der Waals surface area (Å²) in [6.07, 6.45) is 0. The van der Waals surface area contributed by atoms with E-state index in [1.807, 2.05) is 30.3 Å². The second-order valence-corrected chi connectivity index (χ2v) is 5.26. The number of carbonyl (C=O) groups excluding carboxylic acids is 1. The number of aliphatic imine (C=N–C) groups is 1. The molecule has 0 fully saturated rings. The molecule has 1 rings (SSSR count). The van der Waals surface area contributed by atoms with Crippen LogP contribution in [-0.2, 0) is 16.1 Å². The van der Waals surface area contributed by atoms with Crippen LogP contribution >= 0.6 is 23.2 Å². The molecule has 0 saturated carbocycles. The number of esters is 1. The molecule has 0 atom stereocenters. The predicted molar refractivity (Wildman–Crippen MR) is 85.0 cm³/mol. The van der Waals surface area contributed by atoms with Gasteiger partial charge in [0.2, 0.25) is 0 Å². The highest BCUT2D eigenvalue weighted by molar-refractivity contribution is 6.46. The van der Waals surface area contributed by atoms with Crippen molar-refractivity contribution < 1.29 is 14.6 Å². The number of hydrogen-bond acceptors (Lipinski definition) is 4. The van der Waals surface area contributed by atoms with Crippen LogP contribution in [0.5, 0.6) is 0 Å². The summed E-state index contributed by atoms with van der Waals surface area (Å²) >= 11 is 11.2. The van der Waals surface area contributed by atoms with Gasteiger partial charge in [0.1, 0.15) is 11.3 Å². The molecule has 0 aliphatic rings. The van der Waals surface area contributed by atoms with Crippen LogP contribution in [0.25, 0.3) is 0 Å². The molecule has 0 unspecified atom stereocenters. The van der Waals surface area contributed by atoms with Gasteiger partial charge in [-0.3, -0.25) is 4.99 Å². The zero-order valence-electron chi connectivity index (χ0n) is 11.8. The molecule has 0 aliphatic carbocycles. The highest BCUT2D eigenvalue weighted by Gasteiger charge is 2.23. The topological polar surface area (TPSA) is 58.9 Å². The maximum atomic E-state index is 11.9. The molecule has 0 heterocycles. The Morgan fingerprint density at radius 3 is 2.48 bits per heavy atom. The van der Waals surface area contributed by atoms with Gasteiger partial charge in [0.25, 0.3) is 0 Å². The Kier molecular flexibility index (Phi) is 7.26. The van der Waals surface area contributed by atoms with E-state index in [-0.39, 0.29) is 12.2 Å². The second kappa shape index (κ2) is 8.70. The summed E-state index contributed by atoms with van der Waals surface area (Å²) in [7, 11) is 0. The number of carbonyl (C=O) groups is 1. The molecule has 0 bridgehead atoms. The lowest BCUT2D eigenvalue weighted by atomic mass is 10.1. The minimum absolute atomic E-state index is 0.0946. The van der Waals surface area contributed by atoms with Crippen LogP contribution in [0.1, 0.15) is 19.4 Å². The van der Waals surface area contributed by atoms with E-state index in [2.05, 4.69) is 4.99 Å². The number of aliphatic hydroxyl groups is 1. The summed E-state index contributed by atoms with van der Waals surface area (Å²) in [6, 6.07) is 9.52. The van der Waals surface area contributed by atoms with Gasteiger partial charge < -0.3 is 9.84 Å². The third-order valence-electron chi connectivity index (χ3n) is 2.65. The molecule has 0 spiro atoms. The van der Waals surface area contributed by atoms with Crippen molar-refractivity contribution in [3.63, 3.8) is 0 Å². The quantitative estimate of drug-likeness (QED) is 0.284. The minimum Gasteiger partial charge on any atom is -0.508 e. The van der Waals surface area contributed by atoms with Gasteiger partial charge in [0.05, 0.1) is 18.9 Å². The predicted octanol–water partition coefficient (Wildman–Crippen LogP) is 3.83. The van der Waals surface area contributed by atoms with E-state index in [9.17, 15) is 9.90 Å². The number of halogens is 2. The van der Waals surface area contributed by atoms with Crippen molar-refractivity contribution in [2.45, 2.75) is 25.2 Å². The highest BCUT2D eigenvalue weighted by atomic mass is 35.5. The average Bonchev–Trinajstić information content (AvgIpc) is 2.46. The number of alkyl halides is 2. The van der Waals surface area contributed by atoms with Crippen molar-refractivity contribution in [1.29, 1.82) is 0 Å². The van der Waals surface area contributed by atoms with Gasteiger partial charge in [-0.2, -0.15) is 0 Å². The normalized spacial score (nSPS) is 13.1. The van der Waals surface area contributed by atoms with Crippen molar-refractivity contribution in [3.8, 4) is 0 Å². The first kappa shape index (κ1) is 17.5. The average molecular weight is 330 g/mol. The summed E-state index contributed by atoms with van der Waals surface area (Å²) in [6.45, 7) is 3.82. The lowest BCUT2D eigenvalue weighted by molar-refractivity contribution is -0.138. The maximum absolute atomic E-state index is 11.9. The molecular formula is C15H17Cl2NO3. The number of benzene rings is 1. The van der Waals surface area contributed by atoms with Crippen LogP contribution in [0.15, 0.2) is 46.7 Å². The monoisotopic (exact) mass is 329 g/mol. The van der Waals surface area contributed by atoms with Gasteiger partial charge in [0.15, 0.2) is 4.84 Å². The van der Waals surface area contributed by atoms with Gasteiger partial charge in [-0.1, -0.05) is 53.5 Å². The molecule has 0 aliphatic heterocycles. The Labute approximate surface area is 134 Å². The first-order valence-corrected chi connectivity index (χ1v) is 7.28. The van der Waals surface area contributed by atoms with Gasteiger partial charge in [0, 0.05) is 0 Å². The standard InChI is InChI=1S/C15H17Cl2NO3/c1-3-21-15(20)12(13(19)14(16)17)10(2)18-9-11-7-5-4-6-8-11/h4-8,14,19H,3,9H2,1-2H3/b13-12-,18-10?. The number of rotatable bonds is 6. The van der Waals surface area contributed by atoms with E-state index in [4.69, 9.17) is 27.9 Å². The molecule has 21 heavy (non-hydrogen) atoms. The number of aliphatic hydroxyl groups excluding tert-OH is 1. The van der Waals surface area contributed by atoms with Crippen LogP contribution < -0.4 is 0 Å². The Morgan fingerprint density at radius 1 is 1.33 bits per heavy atom. The molecule has 4 nitrogen and oxygen atoms in total. The van der Waals surface area contributed by atoms with Gasteiger partial charge >= 0.3 is 5.97 Å². The van der Waals surface area contributed by atoms with Crippen LogP contribution in [0, 0.1) is 0 Å². The first-order chi connectivity index (χ1) is 9.97. The number of ether oxygens (including phenoxy) is 1. The van der Waals surface area contributed by atoms with Crippen LogP contribution in [0.3, 0.4) is 0 Å². The summed E-state index contributed by atoms with van der Waals surface area (Å²) in [4.78, 5) is 15.0. The molecule has 114 valence electrons. The lowest BCUT2D eigenvalue weighted by Crippen LogP contribution is -2.18. The Balaban J connectivity index is 3.03. The largest absolute Gasteiger partial charge is 0.508 e. The third-order valence-corrected chi connectivity index (χ3v) is 3.06. The fraction of sp³-hybridized carbons (Fsp3) is 0.333. The number of allylic oxidation sites excluding steroid dienone is 1. The van der Waals surface area contributed by atoms with E-state index in [0.29, 0.717) is 12.3 Å². The fourth-order valence-electron chi connectivity index (χ4n) is 1.62. The van der Waals surface area contributed by atoms with Crippen LogP contribution in [-0.4, -0.2) is 28.2 Å². The SMILES string of the molecule is CCOC(=O)/C(C(C)=NCc1ccccc1)=C(\O)C(Cl)Cl. The zero-order valence-corrected chi connectivity index (χ0v) is 13.4. The molecule has 1 aromatic carbocycles. The smallest absolute Gasteiger partial charge is 0.343 e. The lowest BCUT2D eigenvalue weighted by Gasteiger charge is -2.10. The highest BCUT2D eigenvalue weighted by Crippen LogP contribution is 2.18. The number of hydrogen-bond donors (Lipinski definition) is 1. The van der Waals surface area contributed by atoms with Crippen LogP contribution in [0.2, 0.25) is 0 Å². The Morgan fingerprint density at radius 2 is 1.95 bits per heavy atom. The van der Waals surface area contributed by atoms with Crippen molar-refractivity contribution in [3.05, 3.63) is 47.2 Å². The molecule has 1 N–H and O–H groups in total. The summed E-state index contributed by atoms with van der Waals surface area (Å²) in [5.41, 5.74) is 1.21. The Hall–Kier alpha value is -1.52. The van der Waals surface area contributed by atoms with Crippen LogP contribution in [0.4, 0.5) is 0 Å². The molecule has 6 heteroatoms.